The summed E-state index contributed by atoms with van der Waals surface area (Å²) in [6.45, 7) is 1.77. The Morgan fingerprint density at radius 2 is 2.03 bits per heavy atom. The second kappa shape index (κ2) is 10.6. The summed E-state index contributed by atoms with van der Waals surface area (Å²) in [5, 5.41) is 2.73. The zero-order valence-corrected chi connectivity index (χ0v) is 17.9. The van der Waals surface area contributed by atoms with E-state index in [2.05, 4.69) is 5.32 Å². The number of esters is 1. The average molecular weight is 461 g/mol. The minimum absolute atomic E-state index is 0.0189. The van der Waals surface area contributed by atoms with Crippen LogP contribution in [0, 0.1) is 12.7 Å². The zero-order valence-electron chi connectivity index (χ0n) is 15.5. The molecule has 1 aromatic carbocycles. The number of benzene rings is 1. The molecule has 1 heterocycles. The molecule has 0 atom stereocenters. The van der Waals surface area contributed by atoms with Crippen molar-refractivity contribution in [3.63, 3.8) is 0 Å². The molecule has 0 aliphatic carbocycles. The van der Waals surface area contributed by atoms with Crippen molar-refractivity contribution in [1.29, 1.82) is 0 Å². The molecule has 1 aromatic heterocycles. The molecular weight excluding hydrogens is 443 g/mol. The van der Waals surface area contributed by atoms with E-state index in [1.165, 1.54) is 25.3 Å². The van der Waals surface area contributed by atoms with E-state index >= 15 is 0 Å². The van der Waals surface area contributed by atoms with Gasteiger partial charge in [0.2, 0.25) is 5.91 Å². The fourth-order valence-corrected chi connectivity index (χ4v) is 4.29. The molecule has 2 aromatic rings. The lowest BCUT2D eigenvalue weighted by molar-refractivity contribution is -0.113. The van der Waals surface area contributed by atoms with Crippen molar-refractivity contribution in [2.75, 3.05) is 31.4 Å². The lowest BCUT2D eigenvalue weighted by atomic mass is 10.1. The summed E-state index contributed by atoms with van der Waals surface area (Å²) in [5.41, 5.74) is 5.75. The molecule has 0 bridgehead atoms. The van der Waals surface area contributed by atoms with Crippen LogP contribution < -0.4 is 11.1 Å². The van der Waals surface area contributed by atoms with E-state index in [9.17, 15) is 18.8 Å². The van der Waals surface area contributed by atoms with Crippen LogP contribution >= 0.6 is 34.7 Å². The summed E-state index contributed by atoms with van der Waals surface area (Å²) in [6.07, 6.45) is 0. The highest BCUT2D eigenvalue weighted by molar-refractivity contribution is 8.00. The van der Waals surface area contributed by atoms with Crippen molar-refractivity contribution in [3.05, 3.63) is 45.0 Å². The predicted molar refractivity (Wildman–Crippen MR) is 110 cm³/mol. The number of methoxy groups -OCH3 is 1. The van der Waals surface area contributed by atoms with Gasteiger partial charge in [0.1, 0.15) is 17.4 Å². The summed E-state index contributed by atoms with van der Waals surface area (Å²) in [6, 6.07) is 4.12. The average Bonchev–Trinajstić information content (AvgIpc) is 2.99. The van der Waals surface area contributed by atoms with Crippen LogP contribution in [0.5, 0.6) is 0 Å². The number of nitrogens with one attached hydrogen (secondary N) is 1. The molecular formula is C18H18ClFN2O5S2. The highest BCUT2D eigenvalue weighted by atomic mass is 35.5. The van der Waals surface area contributed by atoms with Crippen molar-refractivity contribution >= 4 is 57.5 Å². The number of halogens is 2. The Morgan fingerprint density at radius 1 is 1.31 bits per heavy atom. The van der Waals surface area contributed by atoms with E-state index in [0.717, 1.165) is 23.1 Å². The quantitative estimate of drug-likeness (QED) is 0.337. The normalized spacial score (nSPS) is 10.6. The number of nitrogens with two attached hydrogens (primary N) is 1. The Hall–Kier alpha value is -2.14. The largest absolute Gasteiger partial charge is 0.460 e. The van der Waals surface area contributed by atoms with Gasteiger partial charge in [0.15, 0.2) is 0 Å². The van der Waals surface area contributed by atoms with Gasteiger partial charge in [-0.05, 0) is 30.7 Å². The SMILES string of the molecule is COCCOC(=O)c1c(NC(=O)CSc2ccc(F)c(Cl)c2)sc(C(N)=O)c1C. The summed E-state index contributed by atoms with van der Waals surface area (Å²) < 4.78 is 23.1. The predicted octanol–water partition coefficient (Wildman–Crippen LogP) is 3.48. The first-order valence-corrected chi connectivity index (χ1v) is 10.4. The Morgan fingerprint density at radius 3 is 2.66 bits per heavy atom. The summed E-state index contributed by atoms with van der Waals surface area (Å²) in [7, 11) is 1.46. The molecule has 2 rings (SSSR count). The van der Waals surface area contributed by atoms with Crippen molar-refractivity contribution in [2.45, 2.75) is 11.8 Å². The van der Waals surface area contributed by atoms with Gasteiger partial charge in [-0.2, -0.15) is 0 Å². The fraction of sp³-hybridized carbons (Fsp3) is 0.278. The number of ether oxygens (including phenoxy) is 2. The summed E-state index contributed by atoms with van der Waals surface area (Å²) in [4.78, 5) is 37.1. The van der Waals surface area contributed by atoms with Crippen molar-refractivity contribution < 1.29 is 28.2 Å². The number of primary amides is 1. The molecule has 11 heteroatoms. The monoisotopic (exact) mass is 460 g/mol. The van der Waals surface area contributed by atoms with E-state index in [-0.39, 0.29) is 39.4 Å². The molecule has 7 nitrogen and oxygen atoms in total. The second-order valence-corrected chi connectivity index (χ2v) is 8.14. The number of anilines is 1. The van der Waals surface area contributed by atoms with Crippen molar-refractivity contribution in [1.82, 2.24) is 0 Å². The van der Waals surface area contributed by atoms with Gasteiger partial charge in [0, 0.05) is 12.0 Å². The third-order valence-corrected chi connectivity index (χ3v) is 6.11. The van der Waals surface area contributed by atoms with Crippen LogP contribution in [0.3, 0.4) is 0 Å². The third kappa shape index (κ3) is 6.17. The van der Waals surface area contributed by atoms with E-state index in [4.69, 9.17) is 26.8 Å². The molecule has 0 fully saturated rings. The van der Waals surface area contributed by atoms with Crippen LogP contribution in [0.2, 0.25) is 5.02 Å². The van der Waals surface area contributed by atoms with Crippen LogP contribution in [0.4, 0.5) is 9.39 Å². The smallest absolute Gasteiger partial charge is 0.341 e. The second-order valence-electron chi connectivity index (χ2n) is 5.67. The molecule has 0 radical (unpaired) electrons. The van der Waals surface area contributed by atoms with Gasteiger partial charge in [0.25, 0.3) is 5.91 Å². The number of amides is 2. The van der Waals surface area contributed by atoms with E-state index in [1.54, 1.807) is 6.92 Å². The van der Waals surface area contributed by atoms with E-state index < -0.39 is 23.6 Å². The molecule has 3 N–H and O–H groups in total. The van der Waals surface area contributed by atoms with Crippen molar-refractivity contribution in [2.24, 2.45) is 5.73 Å². The maximum absolute atomic E-state index is 13.2. The lowest BCUT2D eigenvalue weighted by Crippen LogP contribution is -2.17. The standard InChI is InChI=1S/C18H18ClFN2O5S2/c1-9-14(18(25)27-6-5-26-2)17(29-15(9)16(21)24)22-13(23)8-28-10-3-4-12(20)11(19)7-10/h3-4,7H,5-6,8H2,1-2H3,(H2,21,24)(H,22,23). The van der Waals surface area contributed by atoms with Gasteiger partial charge >= 0.3 is 5.97 Å². The molecule has 0 spiro atoms. The minimum atomic E-state index is -0.714. The molecule has 29 heavy (non-hydrogen) atoms. The molecule has 0 aliphatic rings. The fourth-order valence-electron chi connectivity index (χ4n) is 2.25. The molecule has 2 amide bonds. The number of rotatable bonds is 9. The van der Waals surface area contributed by atoms with Gasteiger partial charge < -0.3 is 20.5 Å². The highest BCUT2D eigenvalue weighted by Crippen LogP contribution is 2.34. The van der Waals surface area contributed by atoms with Crippen LogP contribution in [0.1, 0.15) is 25.6 Å². The minimum Gasteiger partial charge on any atom is -0.460 e. The number of hydrogen-bond acceptors (Lipinski definition) is 7. The summed E-state index contributed by atoms with van der Waals surface area (Å²) >= 11 is 7.76. The van der Waals surface area contributed by atoms with Crippen molar-refractivity contribution in [3.8, 4) is 0 Å². The molecule has 0 aliphatic heterocycles. The maximum Gasteiger partial charge on any atom is 0.341 e. The van der Waals surface area contributed by atoms with Gasteiger partial charge in [0.05, 0.1) is 27.8 Å². The number of carbonyl (C=O) groups excluding carboxylic acids is 3. The zero-order chi connectivity index (χ0) is 21.6. The maximum atomic E-state index is 13.2. The van der Waals surface area contributed by atoms with Gasteiger partial charge in [-0.3, -0.25) is 9.59 Å². The van der Waals surface area contributed by atoms with Gasteiger partial charge in [-0.15, -0.1) is 23.1 Å². The Kier molecular flexibility index (Phi) is 8.45. The lowest BCUT2D eigenvalue weighted by Gasteiger charge is -2.08. The molecule has 0 unspecified atom stereocenters. The van der Waals surface area contributed by atoms with Gasteiger partial charge in [-0.1, -0.05) is 11.6 Å². The highest BCUT2D eigenvalue weighted by Gasteiger charge is 2.25. The molecule has 0 saturated heterocycles. The first kappa shape index (κ1) is 23.1. The molecule has 0 saturated carbocycles. The Labute approximate surface area is 179 Å². The van der Waals surface area contributed by atoms with Crippen LogP contribution in [-0.2, 0) is 14.3 Å². The Balaban J connectivity index is 2.13. The number of thiophene rings is 1. The first-order valence-electron chi connectivity index (χ1n) is 8.21. The summed E-state index contributed by atoms with van der Waals surface area (Å²) in [5.74, 6) is -2.42. The van der Waals surface area contributed by atoms with Crippen LogP contribution in [-0.4, -0.2) is 43.9 Å². The number of carbonyl (C=O) groups is 3. The molecule has 156 valence electrons. The van der Waals surface area contributed by atoms with Crippen LogP contribution in [0.15, 0.2) is 23.1 Å². The van der Waals surface area contributed by atoms with E-state index in [1.807, 2.05) is 0 Å². The van der Waals surface area contributed by atoms with E-state index in [0.29, 0.717) is 10.5 Å². The third-order valence-electron chi connectivity index (χ3n) is 3.61. The van der Waals surface area contributed by atoms with Gasteiger partial charge in [-0.25, -0.2) is 9.18 Å². The number of thioether (sulfide) groups is 1. The van der Waals surface area contributed by atoms with Crippen LogP contribution in [0.25, 0.3) is 0 Å². The Bertz CT molecular complexity index is 935. The first-order chi connectivity index (χ1) is 13.7. The topological polar surface area (TPSA) is 108 Å². The number of hydrogen-bond donors (Lipinski definition) is 2.